The van der Waals surface area contributed by atoms with Crippen molar-refractivity contribution in [1.82, 2.24) is 10.3 Å². The van der Waals surface area contributed by atoms with Crippen molar-refractivity contribution < 1.29 is 37.3 Å². The highest BCUT2D eigenvalue weighted by Gasteiger charge is 2.41. The van der Waals surface area contributed by atoms with E-state index < -0.39 is 35.3 Å². The lowest BCUT2D eigenvalue weighted by atomic mass is 9.83. The number of hydrogen-bond donors (Lipinski definition) is 2. The van der Waals surface area contributed by atoms with Crippen molar-refractivity contribution in [2.24, 2.45) is 15.4 Å². The van der Waals surface area contributed by atoms with E-state index in [1.807, 2.05) is 0 Å². The lowest BCUT2D eigenvalue weighted by Crippen LogP contribution is -2.48. The number of benzene rings is 1. The summed E-state index contributed by atoms with van der Waals surface area (Å²) in [7, 11) is 0. The molecule has 3 heterocycles. The Morgan fingerprint density at radius 2 is 2.11 bits per heavy atom. The Balaban J connectivity index is 1.57. The molecule has 2 unspecified atom stereocenters. The van der Waals surface area contributed by atoms with Crippen molar-refractivity contribution in [2.45, 2.75) is 38.6 Å². The van der Waals surface area contributed by atoms with Gasteiger partial charge in [-0.3, -0.25) is 9.79 Å². The van der Waals surface area contributed by atoms with Gasteiger partial charge in [0.2, 0.25) is 5.84 Å². The number of thiazole rings is 1. The van der Waals surface area contributed by atoms with Gasteiger partial charge in [0.05, 0.1) is 26.0 Å². The van der Waals surface area contributed by atoms with Crippen LogP contribution in [0, 0.1) is 5.41 Å². The number of carboxylic acid groups (broad SMARTS) is 1. The Hall–Kier alpha value is -3.32. The van der Waals surface area contributed by atoms with Crippen LogP contribution in [0.3, 0.4) is 0 Å². The number of aromatic carboxylic acids is 1. The summed E-state index contributed by atoms with van der Waals surface area (Å²) in [4.78, 5) is 35.7. The van der Waals surface area contributed by atoms with Gasteiger partial charge in [-0.2, -0.15) is 13.2 Å². The third kappa shape index (κ3) is 5.73. The Bertz CT molecular complexity index is 1220. The number of aromatic nitrogens is 1. The number of alkyl halides is 3. The largest absolute Gasteiger partial charge is 0.488 e. The molecule has 0 radical (unpaired) electrons. The van der Waals surface area contributed by atoms with E-state index in [4.69, 9.17) is 9.47 Å². The molecule has 1 aromatic carbocycles. The molecule has 0 aliphatic carbocycles. The number of amides is 1. The number of amidine groups is 1. The molecule has 2 N–H and O–H groups in total. The summed E-state index contributed by atoms with van der Waals surface area (Å²) < 4.78 is 49.9. The zero-order chi connectivity index (χ0) is 26.1. The van der Waals surface area contributed by atoms with Gasteiger partial charge in [-0.25, -0.2) is 14.8 Å². The zero-order valence-corrected chi connectivity index (χ0v) is 20.2. The Kier molecular flexibility index (Phi) is 7.14. The normalized spacial score (nSPS) is 22.7. The van der Waals surface area contributed by atoms with Gasteiger partial charge in [0, 0.05) is 35.2 Å². The van der Waals surface area contributed by atoms with Crippen molar-refractivity contribution >= 4 is 35.3 Å². The van der Waals surface area contributed by atoms with Crippen molar-refractivity contribution in [3.05, 3.63) is 34.8 Å². The molecule has 4 rings (SSSR count). The molecular weight excluding hydrogens is 501 g/mol. The van der Waals surface area contributed by atoms with E-state index in [-0.39, 0.29) is 23.1 Å². The minimum Gasteiger partial charge on any atom is -0.488 e. The molecule has 3 atom stereocenters. The highest BCUT2D eigenvalue weighted by atomic mass is 32.1. The van der Waals surface area contributed by atoms with Gasteiger partial charge >= 0.3 is 12.1 Å². The Morgan fingerprint density at radius 1 is 1.33 bits per heavy atom. The van der Waals surface area contributed by atoms with Crippen LogP contribution in [0.4, 0.5) is 13.2 Å². The van der Waals surface area contributed by atoms with Crippen LogP contribution in [0.2, 0.25) is 0 Å². The van der Waals surface area contributed by atoms with Crippen LogP contribution in [0.15, 0.2) is 34.4 Å². The molecule has 2 aromatic rings. The second-order valence-electron chi connectivity index (χ2n) is 8.78. The van der Waals surface area contributed by atoms with Gasteiger partial charge in [0.25, 0.3) is 5.91 Å². The molecule has 0 bridgehead atoms. The number of aliphatic imine (C=N–C) groups is 2. The van der Waals surface area contributed by atoms with Crippen molar-refractivity contribution in [2.75, 3.05) is 19.8 Å². The molecule has 13 heteroatoms. The second kappa shape index (κ2) is 9.97. The standard InChI is InChI=1S/C23H23F3N4O5S/c1-12(22(2)10-28-21(29-11-22)23(24,25)26)30-18(31)13-5-14(19-27-8-17(36-19)20(32)33)7-16(6-13)35-15-3-4-34-9-15/h5-8,10,12,15H,3-4,9,11H2,1-2H3,(H,30,31)(H,32,33)/t12?,15-,22?/m1/s1. The van der Waals surface area contributed by atoms with Crippen molar-refractivity contribution in [1.29, 1.82) is 0 Å². The smallest absolute Gasteiger partial charge is 0.451 e. The molecule has 36 heavy (non-hydrogen) atoms. The van der Waals surface area contributed by atoms with Crippen LogP contribution in [0.5, 0.6) is 5.75 Å². The summed E-state index contributed by atoms with van der Waals surface area (Å²) in [5.41, 5.74) is -0.225. The van der Waals surface area contributed by atoms with E-state index in [0.717, 1.165) is 11.3 Å². The number of carbonyl (C=O) groups excluding carboxylic acids is 1. The number of hydrogen-bond acceptors (Lipinski definition) is 8. The van der Waals surface area contributed by atoms with Crippen LogP contribution >= 0.6 is 11.3 Å². The Morgan fingerprint density at radius 3 is 2.69 bits per heavy atom. The average Bonchev–Trinajstić information content (AvgIpc) is 3.51. The highest BCUT2D eigenvalue weighted by molar-refractivity contribution is 7.16. The average molecular weight is 525 g/mol. The maximum Gasteiger partial charge on any atom is 0.451 e. The maximum atomic E-state index is 13.2. The van der Waals surface area contributed by atoms with Gasteiger partial charge in [-0.1, -0.05) is 6.92 Å². The van der Waals surface area contributed by atoms with Crippen LogP contribution in [-0.4, -0.2) is 72.1 Å². The predicted octanol–water partition coefficient (Wildman–Crippen LogP) is 3.85. The van der Waals surface area contributed by atoms with Crippen LogP contribution in [-0.2, 0) is 4.74 Å². The monoisotopic (exact) mass is 524 g/mol. The zero-order valence-electron chi connectivity index (χ0n) is 19.3. The number of ether oxygens (including phenoxy) is 2. The molecule has 2 aliphatic rings. The van der Waals surface area contributed by atoms with Crippen LogP contribution in [0.1, 0.15) is 40.3 Å². The fourth-order valence-electron chi connectivity index (χ4n) is 3.62. The van der Waals surface area contributed by atoms with E-state index in [1.165, 1.54) is 12.4 Å². The van der Waals surface area contributed by atoms with Crippen LogP contribution < -0.4 is 10.1 Å². The number of carbonyl (C=O) groups is 2. The minimum atomic E-state index is -4.64. The summed E-state index contributed by atoms with van der Waals surface area (Å²) in [6.07, 6.45) is -1.74. The fourth-order valence-corrected chi connectivity index (χ4v) is 4.36. The lowest BCUT2D eigenvalue weighted by molar-refractivity contribution is -0.0602. The summed E-state index contributed by atoms with van der Waals surface area (Å²) in [6, 6.07) is 4.17. The first-order chi connectivity index (χ1) is 16.9. The molecule has 0 spiro atoms. The maximum absolute atomic E-state index is 13.2. The molecule has 1 saturated heterocycles. The molecule has 1 fully saturated rings. The lowest BCUT2D eigenvalue weighted by Gasteiger charge is -2.33. The van der Waals surface area contributed by atoms with E-state index in [9.17, 15) is 27.9 Å². The molecule has 1 amide bonds. The summed E-state index contributed by atoms with van der Waals surface area (Å²) in [5, 5.41) is 12.4. The molecular formula is C23H23F3N4O5S. The fraction of sp³-hybridized carbons (Fsp3) is 0.435. The summed E-state index contributed by atoms with van der Waals surface area (Å²) in [5.74, 6) is -2.42. The van der Waals surface area contributed by atoms with E-state index in [2.05, 4.69) is 20.3 Å². The van der Waals surface area contributed by atoms with E-state index in [0.29, 0.717) is 36.0 Å². The number of carboxylic acids is 1. The summed E-state index contributed by atoms with van der Waals surface area (Å²) >= 11 is 0.957. The van der Waals surface area contributed by atoms with Gasteiger partial charge in [0.15, 0.2) is 0 Å². The number of nitrogens with one attached hydrogen (secondary N) is 1. The second-order valence-corrected chi connectivity index (χ2v) is 9.81. The molecule has 9 nitrogen and oxygen atoms in total. The van der Waals surface area contributed by atoms with Crippen LogP contribution in [0.25, 0.3) is 10.6 Å². The Labute approximate surface area is 208 Å². The van der Waals surface area contributed by atoms with Gasteiger partial charge in [0.1, 0.15) is 21.7 Å². The van der Waals surface area contributed by atoms with Gasteiger partial charge in [-0.15, -0.1) is 11.3 Å². The molecule has 192 valence electrons. The highest BCUT2D eigenvalue weighted by Crippen LogP contribution is 2.32. The summed E-state index contributed by atoms with van der Waals surface area (Å²) in [6.45, 7) is 4.09. The minimum absolute atomic E-state index is 0.0448. The first-order valence-corrected chi connectivity index (χ1v) is 11.8. The van der Waals surface area contributed by atoms with Crippen molar-refractivity contribution in [3.63, 3.8) is 0 Å². The number of nitrogens with zero attached hydrogens (tertiary/aromatic N) is 3. The van der Waals surface area contributed by atoms with Gasteiger partial charge in [-0.05, 0) is 25.1 Å². The number of rotatable bonds is 7. The predicted molar refractivity (Wildman–Crippen MR) is 126 cm³/mol. The van der Waals surface area contributed by atoms with E-state index >= 15 is 0 Å². The van der Waals surface area contributed by atoms with Crippen molar-refractivity contribution in [3.8, 4) is 16.3 Å². The van der Waals surface area contributed by atoms with Gasteiger partial charge < -0.3 is 19.9 Å². The van der Waals surface area contributed by atoms with E-state index in [1.54, 1.807) is 32.0 Å². The topological polar surface area (TPSA) is 122 Å². The molecule has 2 aliphatic heterocycles. The third-order valence-corrected chi connectivity index (χ3v) is 7.00. The molecule has 1 aromatic heterocycles. The quantitative estimate of drug-likeness (QED) is 0.568. The SMILES string of the molecule is CC(NC(=O)c1cc(O[C@@H]2CCOC2)cc(-c2ncc(C(=O)O)s2)c1)C1(C)C=NC(C(F)(F)F)=NC1. The molecule has 0 saturated carbocycles. The number of halogens is 3. The first-order valence-electron chi connectivity index (χ1n) is 11.0. The third-order valence-electron chi connectivity index (χ3n) is 5.96. The first kappa shape index (κ1) is 25.8.